The van der Waals surface area contributed by atoms with Gasteiger partial charge < -0.3 is 10.6 Å². The van der Waals surface area contributed by atoms with Gasteiger partial charge in [0.2, 0.25) is 5.91 Å². The highest BCUT2D eigenvalue weighted by Gasteiger charge is 2.33. The normalized spacial score (nSPS) is 30.1. The molecule has 3 heteroatoms. The first-order valence-electron chi connectivity index (χ1n) is 5.28. The van der Waals surface area contributed by atoms with E-state index in [-0.39, 0.29) is 11.8 Å². The average Bonchev–Trinajstić information content (AvgIpc) is 2.85. The van der Waals surface area contributed by atoms with Crippen molar-refractivity contribution in [2.24, 2.45) is 11.8 Å². The first-order chi connectivity index (χ1) is 6.27. The Balaban J connectivity index is 1.76. The molecule has 0 spiro atoms. The van der Waals surface area contributed by atoms with Crippen LogP contribution in [0.25, 0.3) is 0 Å². The van der Waals surface area contributed by atoms with E-state index >= 15 is 0 Å². The van der Waals surface area contributed by atoms with E-state index in [4.69, 9.17) is 0 Å². The van der Waals surface area contributed by atoms with Crippen LogP contribution < -0.4 is 10.6 Å². The van der Waals surface area contributed by atoms with E-state index in [0.29, 0.717) is 12.0 Å². The van der Waals surface area contributed by atoms with Crippen molar-refractivity contribution in [3.63, 3.8) is 0 Å². The van der Waals surface area contributed by atoms with Crippen LogP contribution in [-0.2, 0) is 4.79 Å². The van der Waals surface area contributed by atoms with Gasteiger partial charge in [-0.15, -0.1) is 0 Å². The molecule has 1 heterocycles. The quantitative estimate of drug-likeness (QED) is 0.667. The molecule has 13 heavy (non-hydrogen) atoms. The lowest BCUT2D eigenvalue weighted by Crippen LogP contribution is -2.39. The summed E-state index contributed by atoms with van der Waals surface area (Å²) < 4.78 is 0. The van der Waals surface area contributed by atoms with Crippen molar-refractivity contribution in [2.45, 2.75) is 32.2 Å². The number of hydrogen-bond donors (Lipinski definition) is 2. The molecule has 0 aromatic rings. The van der Waals surface area contributed by atoms with Crippen molar-refractivity contribution in [3.8, 4) is 0 Å². The lowest BCUT2D eigenvalue weighted by molar-refractivity contribution is -0.125. The maximum Gasteiger partial charge on any atom is 0.223 e. The molecule has 2 fully saturated rings. The van der Waals surface area contributed by atoms with Gasteiger partial charge in [-0.3, -0.25) is 4.79 Å². The largest absolute Gasteiger partial charge is 0.352 e. The molecule has 1 amide bonds. The molecule has 2 N–H and O–H groups in total. The fourth-order valence-corrected chi connectivity index (χ4v) is 1.92. The molecule has 74 valence electrons. The minimum Gasteiger partial charge on any atom is -0.352 e. The van der Waals surface area contributed by atoms with Crippen LogP contribution in [0, 0.1) is 11.8 Å². The highest BCUT2D eigenvalue weighted by Crippen LogP contribution is 2.36. The predicted octanol–water partition coefficient (Wildman–Crippen LogP) is 0.511. The minimum absolute atomic E-state index is 0.237. The maximum atomic E-state index is 11.6. The molecule has 2 rings (SSSR count). The Kier molecular flexibility index (Phi) is 2.54. The lowest BCUT2D eigenvalue weighted by atomic mass is 10.1. The van der Waals surface area contributed by atoms with E-state index in [1.165, 1.54) is 12.8 Å². The van der Waals surface area contributed by atoms with Gasteiger partial charge in [0, 0.05) is 18.5 Å². The summed E-state index contributed by atoms with van der Waals surface area (Å²) in [6.07, 6.45) is 3.58. The highest BCUT2D eigenvalue weighted by molar-refractivity contribution is 5.79. The van der Waals surface area contributed by atoms with Crippen molar-refractivity contribution in [1.29, 1.82) is 0 Å². The predicted molar refractivity (Wildman–Crippen MR) is 51.3 cm³/mol. The van der Waals surface area contributed by atoms with Gasteiger partial charge in [-0.25, -0.2) is 0 Å². The van der Waals surface area contributed by atoms with E-state index < -0.39 is 0 Å². The summed E-state index contributed by atoms with van der Waals surface area (Å²) in [4.78, 5) is 11.6. The Morgan fingerprint density at radius 2 is 2.23 bits per heavy atom. The summed E-state index contributed by atoms with van der Waals surface area (Å²) >= 11 is 0. The molecule has 1 aliphatic carbocycles. The zero-order chi connectivity index (χ0) is 9.26. The van der Waals surface area contributed by atoms with Crippen LogP contribution in [0.5, 0.6) is 0 Å². The first-order valence-corrected chi connectivity index (χ1v) is 5.28. The lowest BCUT2D eigenvalue weighted by Gasteiger charge is -2.15. The third-order valence-corrected chi connectivity index (χ3v) is 3.15. The van der Waals surface area contributed by atoms with Crippen LogP contribution in [0.2, 0.25) is 0 Å². The van der Waals surface area contributed by atoms with Crippen molar-refractivity contribution in [3.05, 3.63) is 0 Å². The van der Waals surface area contributed by atoms with Gasteiger partial charge in [0.1, 0.15) is 0 Å². The topological polar surface area (TPSA) is 41.1 Å². The van der Waals surface area contributed by atoms with Crippen LogP contribution in [0.15, 0.2) is 0 Å². The van der Waals surface area contributed by atoms with E-state index in [0.717, 1.165) is 19.5 Å². The molecule has 0 radical (unpaired) electrons. The Morgan fingerprint density at radius 3 is 2.77 bits per heavy atom. The number of nitrogens with one attached hydrogen (secondary N) is 2. The van der Waals surface area contributed by atoms with Crippen LogP contribution in [0.4, 0.5) is 0 Å². The summed E-state index contributed by atoms with van der Waals surface area (Å²) in [5.74, 6) is 1.17. The highest BCUT2D eigenvalue weighted by atomic mass is 16.1. The maximum absolute atomic E-state index is 11.6. The van der Waals surface area contributed by atoms with Crippen molar-refractivity contribution in [2.75, 3.05) is 13.1 Å². The van der Waals surface area contributed by atoms with Crippen LogP contribution in [0.3, 0.4) is 0 Å². The van der Waals surface area contributed by atoms with Crippen molar-refractivity contribution < 1.29 is 4.79 Å². The summed E-state index contributed by atoms with van der Waals surface area (Å²) in [7, 11) is 0. The van der Waals surface area contributed by atoms with Gasteiger partial charge in [-0.2, -0.15) is 0 Å². The van der Waals surface area contributed by atoms with Crippen LogP contribution in [-0.4, -0.2) is 25.0 Å². The molecule has 3 nitrogen and oxygen atoms in total. The SMILES string of the molecule is CC(C(=O)N[C@@H]1CCNC1)C1CC1. The molecule has 1 saturated carbocycles. The standard InChI is InChI=1S/C10H18N2O/c1-7(8-2-3-8)10(13)12-9-4-5-11-6-9/h7-9,11H,2-6H2,1H3,(H,12,13)/t7?,9-/m1/s1. The van der Waals surface area contributed by atoms with Crippen molar-refractivity contribution >= 4 is 5.91 Å². The molecular weight excluding hydrogens is 164 g/mol. The van der Waals surface area contributed by atoms with E-state index in [1.54, 1.807) is 0 Å². The van der Waals surface area contributed by atoms with Gasteiger partial charge in [0.25, 0.3) is 0 Å². The average molecular weight is 182 g/mol. The third kappa shape index (κ3) is 2.21. The molecule has 1 unspecified atom stereocenters. The van der Waals surface area contributed by atoms with Gasteiger partial charge in [0.05, 0.1) is 0 Å². The second-order valence-corrected chi connectivity index (χ2v) is 4.32. The Hall–Kier alpha value is -0.570. The number of rotatable bonds is 3. The molecular formula is C10H18N2O. The number of carbonyl (C=O) groups is 1. The van der Waals surface area contributed by atoms with Crippen LogP contribution >= 0.6 is 0 Å². The van der Waals surface area contributed by atoms with Crippen molar-refractivity contribution in [1.82, 2.24) is 10.6 Å². The molecule has 1 aliphatic heterocycles. The number of carbonyl (C=O) groups excluding carboxylic acids is 1. The van der Waals surface area contributed by atoms with Gasteiger partial charge in [-0.1, -0.05) is 6.92 Å². The molecule has 2 atom stereocenters. The van der Waals surface area contributed by atoms with Gasteiger partial charge >= 0.3 is 0 Å². The molecule has 0 aromatic carbocycles. The Bertz CT molecular complexity index is 195. The third-order valence-electron chi connectivity index (χ3n) is 3.15. The second-order valence-electron chi connectivity index (χ2n) is 4.32. The zero-order valence-electron chi connectivity index (χ0n) is 8.18. The second kappa shape index (κ2) is 3.66. The summed E-state index contributed by atoms with van der Waals surface area (Å²) in [5, 5.41) is 6.35. The fraction of sp³-hybridized carbons (Fsp3) is 0.900. The Labute approximate surface area is 79.3 Å². The minimum atomic E-state index is 0.237. The molecule has 0 aromatic heterocycles. The number of hydrogen-bond acceptors (Lipinski definition) is 2. The van der Waals surface area contributed by atoms with Gasteiger partial charge in [0.15, 0.2) is 0 Å². The van der Waals surface area contributed by atoms with E-state index in [2.05, 4.69) is 17.6 Å². The molecule has 0 bridgehead atoms. The summed E-state index contributed by atoms with van der Waals surface area (Å²) in [5.41, 5.74) is 0. The molecule has 1 saturated heterocycles. The Morgan fingerprint density at radius 1 is 1.46 bits per heavy atom. The smallest absolute Gasteiger partial charge is 0.223 e. The van der Waals surface area contributed by atoms with Crippen LogP contribution in [0.1, 0.15) is 26.2 Å². The summed E-state index contributed by atoms with van der Waals surface area (Å²) in [6.45, 7) is 4.04. The van der Waals surface area contributed by atoms with E-state index in [9.17, 15) is 4.79 Å². The fourth-order valence-electron chi connectivity index (χ4n) is 1.92. The molecule has 2 aliphatic rings. The number of amides is 1. The monoisotopic (exact) mass is 182 g/mol. The van der Waals surface area contributed by atoms with E-state index in [1.807, 2.05) is 0 Å². The van der Waals surface area contributed by atoms with Gasteiger partial charge in [-0.05, 0) is 31.7 Å². The first kappa shape index (κ1) is 9.00. The summed E-state index contributed by atoms with van der Waals surface area (Å²) in [6, 6.07) is 0.383. The zero-order valence-corrected chi connectivity index (χ0v) is 8.18.